The summed E-state index contributed by atoms with van der Waals surface area (Å²) in [6.07, 6.45) is 10.9. The number of hydrogen-bond acceptors (Lipinski definition) is 3. The van der Waals surface area contributed by atoms with Crippen molar-refractivity contribution in [2.75, 3.05) is 13.2 Å². The van der Waals surface area contributed by atoms with Crippen molar-refractivity contribution in [1.29, 1.82) is 0 Å². The quantitative estimate of drug-likeness (QED) is 0.444. The van der Waals surface area contributed by atoms with Crippen LogP contribution in [-0.4, -0.2) is 40.2 Å². The molecule has 1 fully saturated rings. The van der Waals surface area contributed by atoms with Crippen molar-refractivity contribution in [3.63, 3.8) is 0 Å². The largest absolute Gasteiger partial charge is 0.396 e. The smallest absolute Gasteiger partial charge is 0.250 e. The zero-order chi connectivity index (χ0) is 17.9. The van der Waals surface area contributed by atoms with Crippen LogP contribution in [0.5, 0.6) is 0 Å². The van der Waals surface area contributed by atoms with E-state index in [1.54, 1.807) is 6.08 Å². The number of carbonyl (C=O) groups is 1. The standard InChI is InChI=1S/C20H28N2O2S/c23-16-8-7-15-22(18-11-5-2-6-12-18)20(25)21-19(24)14-13-17-9-3-1-4-10-17/h1,3-4,9-10,13-14,18,23H,2,5-8,11-12,15-16H2,(H,21,24,25)/b14-13+. The Balaban J connectivity index is 1.92. The molecule has 1 aliphatic rings. The molecular formula is C20H28N2O2S. The van der Waals surface area contributed by atoms with Crippen molar-refractivity contribution < 1.29 is 9.90 Å². The number of nitrogens with one attached hydrogen (secondary N) is 1. The average Bonchev–Trinajstić information content (AvgIpc) is 2.65. The Kier molecular flexibility index (Phi) is 8.63. The van der Waals surface area contributed by atoms with Crippen LogP contribution in [0.3, 0.4) is 0 Å². The molecule has 0 bridgehead atoms. The van der Waals surface area contributed by atoms with Gasteiger partial charge in [-0.1, -0.05) is 49.6 Å². The van der Waals surface area contributed by atoms with E-state index in [2.05, 4.69) is 10.2 Å². The molecule has 0 saturated heterocycles. The highest BCUT2D eigenvalue weighted by atomic mass is 32.1. The molecule has 1 aliphatic carbocycles. The summed E-state index contributed by atoms with van der Waals surface area (Å²) in [4.78, 5) is 14.3. The van der Waals surface area contributed by atoms with E-state index < -0.39 is 0 Å². The van der Waals surface area contributed by atoms with Crippen LogP contribution in [0.1, 0.15) is 50.5 Å². The van der Waals surface area contributed by atoms with E-state index >= 15 is 0 Å². The fourth-order valence-electron chi connectivity index (χ4n) is 3.19. The van der Waals surface area contributed by atoms with Gasteiger partial charge in [0.1, 0.15) is 0 Å². The molecule has 1 saturated carbocycles. The number of aliphatic hydroxyl groups excluding tert-OH is 1. The molecule has 4 nitrogen and oxygen atoms in total. The Morgan fingerprint density at radius 2 is 1.92 bits per heavy atom. The van der Waals surface area contributed by atoms with Gasteiger partial charge in [0.05, 0.1) is 0 Å². The van der Waals surface area contributed by atoms with E-state index in [4.69, 9.17) is 17.3 Å². The highest BCUT2D eigenvalue weighted by Crippen LogP contribution is 2.23. The van der Waals surface area contributed by atoms with E-state index in [0.717, 1.165) is 37.8 Å². The van der Waals surface area contributed by atoms with E-state index in [1.807, 2.05) is 30.3 Å². The second-order valence-corrected chi connectivity index (χ2v) is 6.84. The van der Waals surface area contributed by atoms with Crippen LogP contribution in [0, 0.1) is 0 Å². The normalized spacial score (nSPS) is 15.2. The van der Waals surface area contributed by atoms with Gasteiger partial charge in [-0.25, -0.2) is 0 Å². The lowest BCUT2D eigenvalue weighted by atomic mass is 9.94. The number of hydrogen-bond donors (Lipinski definition) is 2. The molecule has 0 radical (unpaired) electrons. The predicted octanol–water partition coefficient (Wildman–Crippen LogP) is 3.51. The molecule has 0 heterocycles. The molecule has 0 spiro atoms. The first-order chi connectivity index (χ1) is 12.2. The first-order valence-corrected chi connectivity index (χ1v) is 9.57. The average molecular weight is 361 g/mol. The molecule has 0 aliphatic heterocycles. The lowest BCUT2D eigenvalue weighted by Gasteiger charge is -2.36. The summed E-state index contributed by atoms with van der Waals surface area (Å²) in [5.41, 5.74) is 0.982. The van der Waals surface area contributed by atoms with Crippen LogP contribution in [0.2, 0.25) is 0 Å². The van der Waals surface area contributed by atoms with Gasteiger partial charge in [0, 0.05) is 25.3 Å². The van der Waals surface area contributed by atoms with Crippen LogP contribution in [0.25, 0.3) is 6.08 Å². The highest BCUT2D eigenvalue weighted by molar-refractivity contribution is 7.80. The molecule has 2 rings (SSSR count). The van der Waals surface area contributed by atoms with E-state index in [-0.39, 0.29) is 12.5 Å². The minimum atomic E-state index is -0.197. The highest BCUT2D eigenvalue weighted by Gasteiger charge is 2.23. The second kappa shape index (κ2) is 11.0. The van der Waals surface area contributed by atoms with Crippen molar-refractivity contribution in [1.82, 2.24) is 10.2 Å². The van der Waals surface area contributed by atoms with Crippen LogP contribution >= 0.6 is 12.2 Å². The summed E-state index contributed by atoms with van der Waals surface area (Å²) < 4.78 is 0. The van der Waals surface area contributed by atoms with Crippen molar-refractivity contribution in [3.8, 4) is 0 Å². The molecule has 0 unspecified atom stereocenters. The van der Waals surface area contributed by atoms with Crippen LogP contribution < -0.4 is 5.32 Å². The van der Waals surface area contributed by atoms with Gasteiger partial charge in [0.25, 0.3) is 0 Å². The molecular weight excluding hydrogens is 332 g/mol. The number of amides is 1. The monoisotopic (exact) mass is 360 g/mol. The maximum absolute atomic E-state index is 12.2. The number of rotatable bonds is 7. The lowest BCUT2D eigenvalue weighted by Crippen LogP contribution is -2.48. The van der Waals surface area contributed by atoms with Gasteiger partial charge in [-0.3, -0.25) is 10.1 Å². The first kappa shape index (κ1) is 19.6. The third-order valence-corrected chi connectivity index (χ3v) is 4.88. The molecule has 5 heteroatoms. The van der Waals surface area contributed by atoms with Gasteiger partial charge in [-0.05, 0) is 49.5 Å². The van der Waals surface area contributed by atoms with Gasteiger partial charge in [-0.15, -0.1) is 0 Å². The van der Waals surface area contributed by atoms with Gasteiger partial charge < -0.3 is 10.0 Å². The van der Waals surface area contributed by atoms with Gasteiger partial charge in [0.2, 0.25) is 5.91 Å². The number of carbonyl (C=O) groups excluding carboxylic acids is 1. The number of aliphatic hydroxyl groups is 1. The number of thiocarbonyl (C=S) groups is 1. The molecule has 2 N–H and O–H groups in total. The zero-order valence-corrected chi connectivity index (χ0v) is 15.5. The second-order valence-electron chi connectivity index (χ2n) is 6.45. The SMILES string of the molecule is O=C(/C=C/c1ccccc1)NC(=S)N(CCCCO)C1CCCCC1. The molecule has 0 aromatic heterocycles. The maximum atomic E-state index is 12.2. The fraction of sp³-hybridized carbons (Fsp3) is 0.500. The lowest BCUT2D eigenvalue weighted by molar-refractivity contribution is -0.115. The summed E-state index contributed by atoms with van der Waals surface area (Å²) >= 11 is 5.51. The number of unbranched alkanes of at least 4 members (excludes halogenated alkanes) is 1. The van der Waals surface area contributed by atoms with Crippen LogP contribution in [0.4, 0.5) is 0 Å². The molecule has 1 aromatic carbocycles. The van der Waals surface area contributed by atoms with Crippen molar-refractivity contribution in [3.05, 3.63) is 42.0 Å². The summed E-state index contributed by atoms with van der Waals surface area (Å²) in [6.45, 7) is 0.976. The fourth-order valence-corrected chi connectivity index (χ4v) is 3.53. The molecule has 1 amide bonds. The maximum Gasteiger partial charge on any atom is 0.250 e. The van der Waals surface area contributed by atoms with E-state index in [9.17, 15) is 4.79 Å². The van der Waals surface area contributed by atoms with Crippen LogP contribution in [-0.2, 0) is 4.79 Å². The minimum Gasteiger partial charge on any atom is -0.396 e. The van der Waals surface area contributed by atoms with Gasteiger partial charge in [0.15, 0.2) is 5.11 Å². The topological polar surface area (TPSA) is 52.6 Å². The Morgan fingerprint density at radius 1 is 1.20 bits per heavy atom. The summed E-state index contributed by atoms with van der Waals surface area (Å²) in [5, 5.41) is 12.4. The summed E-state index contributed by atoms with van der Waals surface area (Å²) in [7, 11) is 0. The van der Waals surface area contributed by atoms with E-state index in [0.29, 0.717) is 11.2 Å². The number of benzene rings is 1. The number of nitrogens with zero attached hydrogens (tertiary/aromatic N) is 1. The molecule has 0 atom stereocenters. The van der Waals surface area contributed by atoms with Gasteiger partial charge in [-0.2, -0.15) is 0 Å². The predicted molar refractivity (Wildman–Crippen MR) is 106 cm³/mol. The van der Waals surface area contributed by atoms with Crippen molar-refractivity contribution in [2.24, 2.45) is 0 Å². The molecule has 1 aromatic rings. The minimum absolute atomic E-state index is 0.192. The summed E-state index contributed by atoms with van der Waals surface area (Å²) in [5.74, 6) is -0.197. The molecule has 136 valence electrons. The summed E-state index contributed by atoms with van der Waals surface area (Å²) in [6, 6.07) is 10.1. The van der Waals surface area contributed by atoms with Crippen LogP contribution in [0.15, 0.2) is 36.4 Å². The third kappa shape index (κ3) is 6.96. The zero-order valence-electron chi connectivity index (χ0n) is 14.7. The Labute approximate surface area is 155 Å². The van der Waals surface area contributed by atoms with Crippen molar-refractivity contribution >= 4 is 29.3 Å². The van der Waals surface area contributed by atoms with E-state index in [1.165, 1.54) is 25.3 Å². The van der Waals surface area contributed by atoms with Gasteiger partial charge >= 0.3 is 0 Å². The Morgan fingerprint density at radius 3 is 2.60 bits per heavy atom. The Hall–Kier alpha value is -1.72. The van der Waals surface area contributed by atoms with Crippen molar-refractivity contribution in [2.45, 2.75) is 51.0 Å². The molecule has 25 heavy (non-hydrogen) atoms. The Bertz CT molecular complexity index is 568. The first-order valence-electron chi connectivity index (χ1n) is 9.16. The third-order valence-electron chi connectivity index (χ3n) is 4.54.